The predicted molar refractivity (Wildman–Crippen MR) is 139 cm³/mol. The number of nitrogens with one attached hydrogen (secondary N) is 1. The number of nitrogens with zero attached hydrogens (tertiary/aromatic N) is 3. The molecule has 8 heteroatoms. The highest BCUT2D eigenvalue weighted by Crippen LogP contribution is 2.41. The van der Waals surface area contributed by atoms with Crippen LogP contribution in [0.5, 0.6) is 0 Å². The first-order chi connectivity index (χ1) is 16.8. The van der Waals surface area contributed by atoms with Crippen molar-refractivity contribution in [1.29, 1.82) is 0 Å². The van der Waals surface area contributed by atoms with Crippen LogP contribution in [-0.4, -0.2) is 51.5 Å². The van der Waals surface area contributed by atoms with E-state index in [0.29, 0.717) is 41.1 Å². The zero-order chi connectivity index (χ0) is 24.6. The van der Waals surface area contributed by atoms with Gasteiger partial charge in [-0.3, -0.25) is 9.59 Å². The third-order valence-electron chi connectivity index (χ3n) is 6.41. The molecule has 35 heavy (non-hydrogen) atoms. The van der Waals surface area contributed by atoms with Gasteiger partial charge < -0.3 is 14.7 Å². The molecule has 1 saturated carbocycles. The maximum absolute atomic E-state index is 13.4. The fourth-order valence-corrected chi connectivity index (χ4v) is 5.33. The molecule has 2 aliphatic rings. The molecule has 3 heterocycles. The Kier molecular flexibility index (Phi) is 6.57. The molecule has 5 rings (SSSR count). The zero-order valence-corrected chi connectivity index (χ0v) is 21.4. The number of thioether (sulfide) groups is 1. The van der Waals surface area contributed by atoms with Gasteiger partial charge in [0.1, 0.15) is 0 Å². The summed E-state index contributed by atoms with van der Waals surface area (Å²) in [5.74, 6) is 2.35. The second-order valence-corrected chi connectivity index (χ2v) is 12.0. The predicted octanol–water partition coefficient (Wildman–Crippen LogP) is 5.06. The van der Waals surface area contributed by atoms with Crippen molar-refractivity contribution in [2.75, 3.05) is 29.9 Å². The van der Waals surface area contributed by atoms with Gasteiger partial charge in [-0.15, -0.1) is 0 Å². The molecule has 2 aromatic heterocycles. The summed E-state index contributed by atoms with van der Waals surface area (Å²) in [5, 5.41) is 8.00. The molecule has 7 nitrogen and oxygen atoms in total. The average Bonchev–Trinajstić information content (AvgIpc) is 3.61. The molecular formula is C27H32N4O3S. The Bertz CT molecular complexity index is 1240. The number of amides is 2. The monoisotopic (exact) mass is 492 g/mol. The summed E-state index contributed by atoms with van der Waals surface area (Å²) < 4.78 is 5.58. The van der Waals surface area contributed by atoms with Crippen LogP contribution in [0.4, 0.5) is 5.69 Å². The number of anilines is 1. The highest BCUT2D eigenvalue weighted by Gasteiger charge is 2.30. The van der Waals surface area contributed by atoms with Crippen molar-refractivity contribution in [1.82, 2.24) is 15.0 Å². The van der Waals surface area contributed by atoms with Crippen molar-refractivity contribution >= 4 is 40.4 Å². The van der Waals surface area contributed by atoms with E-state index >= 15 is 0 Å². The van der Waals surface area contributed by atoms with Crippen molar-refractivity contribution in [3.8, 4) is 0 Å². The Morgan fingerprint density at radius 3 is 2.51 bits per heavy atom. The van der Waals surface area contributed by atoms with Crippen LogP contribution in [0.2, 0.25) is 0 Å². The summed E-state index contributed by atoms with van der Waals surface area (Å²) in [5.41, 5.74) is 4.27. The van der Waals surface area contributed by atoms with Crippen LogP contribution in [0.3, 0.4) is 0 Å². The van der Waals surface area contributed by atoms with Crippen LogP contribution in [0, 0.1) is 5.41 Å². The number of aromatic nitrogens is 2. The largest absolute Gasteiger partial charge is 0.341 e. The van der Waals surface area contributed by atoms with Gasteiger partial charge in [0, 0.05) is 41.9 Å². The van der Waals surface area contributed by atoms with Gasteiger partial charge in [-0.1, -0.05) is 38.1 Å². The van der Waals surface area contributed by atoms with Gasteiger partial charge in [-0.25, -0.2) is 4.98 Å². The molecule has 1 N–H and O–H groups in total. The van der Waals surface area contributed by atoms with Crippen molar-refractivity contribution < 1.29 is 14.1 Å². The van der Waals surface area contributed by atoms with E-state index < -0.39 is 0 Å². The minimum Gasteiger partial charge on any atom is -0.341 e. The summed E-state index contributed by atoms with van der Waals surface area (Å²) in [6, 6.07) is 9.44. The van der Waals surface area contributed by atoms with Crippen LogP contribution in [0.25, 0.3) is 11.1 Å². The molecule has 0 bridgehead atoms. The third kappa shape index (κ3) is 5.69. The Hall–Kier alpha value is -2.87. The Morgan fingerprint density at radius 1 is 1.14 bits per heavy atom. The summed E-state index contributed by atoms with van der Waals surface area (Å²) in [4.78, 5) is 32.6. The molecule has 2 amide bonds. The fourth-order valence-electron chi connectivity index (χ4n) is 4.42. The lowest BCUT2D eigenvalue weighted by atomic mass is 9.89. The van der Waals surface area contributed by atoms with E-state index in [1.54, 1.807) is 0 Å². The molecule has 1 aliphatic carbocycles. The van der Waals surface area contributed by atoms with Crippen molar-refractivity contribution in [2.24, 2.45) is 5.41 Å². The molecule has 2 fully saturated rings. The molecule has 184 valence electrons. The summed E-state index contributed by atoms with van der Waals surface area (Å²) in [6.45, 7) is 8.04. The number of benzene rings is 1. The lowest BCUT2D eigenvalue weighted by molar-refractivity contribution is -0.130. The fraction of sp³-hybridized carbons (Fsp3) is 0.481. The quantitative estimate of drug-likeness (QED) is 0.518. The molecule has 3 aromatic rings. The number of rotatable bonds is 6. The highest BCUT2D eigenvalue weighted by molar-refractivity contribution is 7.99. The van der Waals surface area contributed by atoms with Gasteiger partial charge >= 0.3 is 0 Å². The summed E-state index contributed by atoms with van der Waals surface area (Å²) in [6.07, 6.45) is 3.23. The number of fused-ring (bicyclic) bond motifs is 1. The van der Waals surface area contributed by atoms with Gasteiger partial charge in [0.15, 0.2) is 0 Å². The maximum Gasteiger partial charge on any atom is 0.259 e. The van der Waals surface area contributed by atoms with E-state index in [-0.39, 0.29) is 17.2 Å². The van der Waals surface area contributed by atoms with Crippen LogP contribution in [-0.2, 0) is 17.6 Å². The first-order valence-electron chi connectivity index (χ1n) is 12.3. The van der Waals surface area contributed by atoms with E-state index in [9.17, 15) is 9.59 Å². The SMILES string of the molecule is CC(C)(C)Cc1noc2nc(C3CC3)cc(C(=O)Nc3ccc(CC(=O)N4CCSCC4)cc3)c12. The molecule has 1 aliphatic heterocycles. The van der Waals surface area contributed by atoms with Gasteiger partial charge in [-0.2, -0.15) is 11.8 Å². The molecule has 0 radical (unpaired) electrons. The van der Waals surface area contributed by atoms with E-state index in [0.717, 1.165) is 54.4 Å². The molecular weight excluding hydrogens is 460 g/mol. The number of hydrogen-bond donors (Lipinski definition) is 1. The van der Waals surface area contributed by atoms with Gasteiger partial charge in [0.2, 0.25) is 5.91 Å². The van der Waals surface area contributed by atoms with Crippen molar-refractivity contribution in [3.05, 3.63) is 52.8 Å². The first kappa shape index (κ1) is 23.9. The van der Waals surface area contributed by atoms with Crippen LogP contribution in [0.15, 0.2) is 34.9 Å². The van der Waals surface area contributed by atoms with Crippen LogP contribution >= 0.6 is 11.8 Å². The molecule has 0 unspecified atom stereocenters. The second-order valence-electron chi connectivity index (χ2n) is 10.7. The van der Waals surface area contributed by atoms with E-state index in [1.807, 2.05) is 47.0 Å². The second kappa shape index (κ2) is 9.64. The Morgan fingerprint density at radius 2 is 1.86 bits per heavy atom. The van der Waals surface area contributed by atoms with E-state index in [2.05, 4.69) is 36.2 Å². The maximum atomic E-state index is 13.4. The van der Waals surface area contributed by atoms with Crippen LogP contribution in [0.1, 0.15) is 66.8 Å². The number of pyridine rings is 1. The van der Waals surface area contributed by atoms with Crippen LogP contribution < -0.4 is 5.32 Å². The van der Waals surface area contributed by atoms with E-state index in [4.69, 9.17) is 4.52 Å². The number of carbonyl (C=O) groups is 2. The summed E-state index contributed by atoms with van der Waals surface area (Å²) >= 11 is 1.89. The summed E-state index contributed by atoms with van der Waals surface area (Å²) in [7, 11) is 0. The Balaban J connectivity index is 1.35. The molecule has 0 spiro atoms. The van der Waals surface area contributed by atoms with Gasteiger partial charge in [0.05, 0.1) is 23.1 Å². The Labute approximate surface area is 210 Å². The average molecular weight is 493 g/mol. The van der Waals surface area contributed by atoms with Crippen molar-refractivity contribution in [2.45, 2.75) is 52.4 Å². The molecule has 0 atom stereocenters. The number of carbonyl (C=O) groups excluding carboxylic acids is 2. The highest BCUT2D eigenvalue weighted by atomic mass is 32.2. The minimum atomic E-state index is -0.202. The standard InChI is InChI=1S/C27H32N4O3S/c1-27(2,3)16-22-24-20(15-21(18-6-7-18)29-26(24)34-30-22)25(33)28-19-8-4-17(5-9-19)14-23(32)31-10-12-35-13-11-31/h4-5,8-9,15,18H,6-7,10-14,16H2,1-3H3,(H,28,33). The number of hydrogen-bond acceptors (Lipinski definition) is 6. The lowest BCUT2D eigenvalue weighted by Gasteiger charge is -2.26. The topological polar surface area (TPSA) is 88.3 Å². The zero-order valence-electron chi connectivity index (χ0n) is 20.6. The minimum absolute atomic E-state index is 0.00693. The molecule has 1 aromatic carbocycles. The lowest BCUT2D eigenvalue weighted by Crippen LogP contribution is -2.38. The third-order valence-corrected chi connectivity index (χ3v) is 7.35. The van der Waals surface area contributed by atoms with Gasteiger partial charge in [0.25, 0.3) is 11.6 Å². The van der Waals surface area contributed by atoms with Gasteiger partial charge in [-0.05, 0) is 48.4 Å². The smallest absolute Gasteiger partial charge is 0.259 e. The van der Waals surface area contributed by atoms with Crippen molar-refractivity contribution in [3.63, 3.8) is 0 Å². The normalized spacial score (nSPS) is 16.5. The van der Waals surface area contributed by atoms with E-state index in [1.165, 1.54) is 0 Å². The first-order valence-corrected chi connectivity index (χ1v) is 13.5. The molecule has 1 saturated heterocycles.